The number of hydrogen-bond acceptors (Lipinski definition) is 2. The highest BCUT2D eigenvalue weighted by molar-refractivity contribution is 6.20. The number of nitrogens with one attached hydrogen (secondary N) is 1. The van der Waals surface area contributed by atoms with Crippen LogP contribution in [0.15, 0.2) is 0 Å². The van der Waals surface area contributed by atoms with Gasteiger partial charge in [0.25, 0.3) is 0 Å². The summed E-state index contributed by atoms with van der Waals surface area (Å²) in [5.74, 6) is 0.673. The van der Waals surface area contributed by atoms with Crippen LogP contribution in [-0.4, -0.2) is 31.7 Å². The zero-order chi connectivity index (χ0) is 10.2. The second kappa shape index (κ2) is 7.49. The molecule has 0 saturated heterocycles. The standard InChI is InChI=1S/C11H22ClNO/c1-2-14-8-7-13-9-10-5-3-4-6-11(10)12/h10-11,13H,2-9H2,1H3. The molecular weight excluding hydrogens is 198 g/mol. The lowest BCUT2D eigenvalue weighted by Crippen LogP contribution is -2.32. The van der Waals surface area contributed by atoms with E-state index in [1.54, 1.807) is 0 Å². The van der Waals surface area contributed by atoms with E-state index in [9.17, 15) is 0 Å². The summed E-state index contributed by atoms with van der Waals surface area (Å²) < 4.78 is 5.25. The Morgan fingerprint density at radius 1 is 1.36 bits per heavy atom. The molecule has 1 rings (SSSR count). The molecule has 0 aromatic carbocycles. The van der Waals surface area contributed by atoms with Gasteiger partial charge in [-0.15, -0.1) is 11.6 Å². The van der Waals surface area contributed by atoms with Crippen LogP contribution in [0.25, 0.3) is 0 Å². The molecule has 1 aliphatic rings. The van der Waals surface area contributed by atoms with Crippen LogP contribution in [0.3, 0.4) is 0 Å². The van der Waals surface area contributed by atoms with Gasteiger partial charge in [-0.2, -0.15) is 0 Å². The average Bonchev–Trinajstić information content (AvgIpc) is 2.20. The van der Waals surface area contributed by atoms with Crippen LogP contribution in [0.2, 0.25) is 0 Å². The second-order valence-corrected chi connectivity index (χ2v) is 4.52. The molecule has 1 aliphatic carbocycles. The van der Waals surface area contributed by atoms with Crippen molar-refractivity contribution in [3.63, 3.8) is 0 Å². The van der Waals surface area contributed by atoms with Gasteiger partial charge in [0, 0.05) is 18.5 Å². The van der Waals surface area contributed by atoms with Gasteiger partial charge in [-0.1, -0.05) is 12.8 Å². The minimum atomic E-state index is 0.392. The summed E-state index contributed by atoms with van der Waals surface area (Å²) in [6.45, 7) is 5.66. The molecule has 84 valence electrons. The Bertz CT molecular complexity index is 143. The zero-order valence-corrected chi connectivity index (χ0v) is 9.85. The minimum absolute atomic E-state index is 0.392. The third-order valence-electron chi connectivity index (χ3n) is 2.85. The molecule has 2 atom stereocenters. The van der Waals surface area contributed by atoms with E-state index < -0.39 is 0 Å². The molecule has 14 heavy (non-hydrogen) atoms. The Morgan fingerprint density at radius 3 is 2.86 bits per heavy atom. The first-order valence-electron chi connectivity index (χ1n) is 5.77. The highest BCUT2D eigenvalue weighted by Gasteiger charge is 2.22. The highest BCUT2D eigenvalue weighted by Crippen LogP contribution is 2.27. The lowest BCUT2D eigenvalue weighted by Gasteiger charge is -2.27. The zero-order valence-electron chi connectivity index (χ0n) is 9.10. The molecule has 1 fully saturated rings. The van der Waals surface area contributed by atoms with Crippen molar-refractivity contribution in [3.05, 3.63) is 0 Å². The second-order valence-electron chi connectivity index (χ2n) is 3.96. The molecule has 3 heteroatoms. The fourth-order valence-electron chi connectivity index (χ4n) is 1.97. The molecule has 0 aromatic rings. The number of rotatable bonds is 6. The third-order valence-corrected chi connectivity index (χ3v) is 3.42. The van der Waals surface area contributed by atoms with Gasteiger partial charge in [0.1, 0.15) is 0 Å². The molecule has 0 heterocycles. The van der Waals surface area contributed by atoms with Crippen molar-refractivity contribution in [2.75, 3.05) is 26.3 Å². The molecule has 0 spiro atoms. The van der Waals surface area contributed by atoms with E-state index in [1.165, 1.54) is 25.7 Å². The van der Waals surface area contributed by atoms with Crippen LogP contribution in [0.5, 0.6) is 0 Å². The van der Waals surface area contributed by atoms with Gasteiger partial charge < -0.3 is 10.1 Å². The summed E-state index contributed by atoms with van der Waals surface area (Å²) in [5, 5.41) is 3.80. The van der Waals surface area contributed by atoms with E-state index >= 15 is 0 Å². The summed E-state index contributed by atoms with van der Waals surface area (Å²) in [4.78, 5) is 0. The van der Waals surface area contributed by atoms with Gasteiger partial charge in [0.05, 0.1) is 6.61 Å². The first-order valence-corrected chi connectivity index (χ1v) is 6.20. The summed E-state index contributed by atoms with van der Waals surface area (Å²) in [5.41, 5.74) is 0. The molecular formula is C11H22ClNO. The highest BCUT2D eigenvalue weighted by atomic mass is 35.5. The van der Waals surface area contributed by atoms with Crippen molar-refractivity contribution >= 4 is 11.6 Å². The maximum atomic E-state index is 6.25. The third kappa shape index (κ3) is 4.63. The molecule has 1 saturated carbocycles. The lowest BCUT2D eigenvalue weighted by atomic mass is 9.89. The molecule has 0 amide bonds. The topological polar surface area (TPSA) is 21.3 Å². The predicted molar refractivity (Wildman–Crippen MR) is 61.0 cm³/mol. The van der Waals surface area contributed by atoms with Crippen LogP contribution in [0.4, 0.5) is 0 Å². The van der Waals surface area contributed by atoms with Crippen molar-refractivity contribution in [2.45, 2.75) is 38.0 Å². The van der Waals surface area contributed by atoms with E-state index in [-0.39, 0.29) is 0 Å². The minimum Gasteiger partial charge on any atom is -0.380 e. The Kier molecular flexibility index (Phi) is 6.57. The maximum Gasteiger partial charge on any atom is 0.0590 e. The van der Waals surface area contributed by atoms with Crippen molar-refractivity contribution in [1.29, 1.82) is 0 Å². The van der Waals surface area contributed by atoms with E-state index in [1.807, 2.05) is 6.92 Å². The van der Waals surface area contributed by atoms with Gasteiger partial charge in [-0.05, 0) is 32.2 Å². The van der Waals surface area contributed by atoms with Crippen LogP contribution in [0, 0.1) is 5.92 Å². The van der Waals surface area contributed by atoms with Gasteiger partial charge in [-0.3, -0.25) is 0 Å². The van der Waals surface area contributed by atoms with E-state index in [0.717, 1.165) is 26.3 Å². The monoisotopic (exact) mass is 219 g/mol. The number of ether oxygens (including phenoxy) is 1. The van der Waals surface area contributed by atoms with E-state index in [2.05, 4.69) is 5.32 Å². The number of alkyl halides is 1. The average molecular weight is 220 g/mol. The molecule has 2 nitrogen and oxygen atoms in total. The molecule has 1 N–H and O–H groups in total. The molecule has 0 aliphatic heterocycles. The number of halogens is 1. The van der Waals surface area contributed by atoms with Crippen LogP contribution in [-0.2, 0) is 4.74 Å². The van der Waals surface area contributed by atoms with Crippen molar-refractivity contribution in [1.82, 2.24) is 5.32 Å². The van der Waals surface area contributed by atoms with Gasteiger partial charge in [0.2, 0.25) is 0 Å². The summed E-state index contributed by atoms with van der Waals surface area (Å²) in [6.07, 6.45) is 5.14. The quantitative estimate of drug-likeness (QED) is 0.547. The van der Waals surface area contributed by atoms with Gasteiger partial charge in [-0.25, -0.2) is 0 Å². The Balaban J connectivity index is 1.99. The smallest absolute Gasteiger partial charge is 0.0590 e. The van der Waals surface area contributed by atoms with Crippen molar-refractivity contribution in [3.8, 4) is 0 Å². The molecule has 0 radical (unpaired) electrons. The van der Waals surface area contributed by atoms with Crippen molar-refractivity contribution in [2.24, 2.45) is 5.92 Å². The van der Waals surface area contributed by atoms with Crippen LogP contribution < -0.4 is 5.32 Å². The normalized spacial score (nSPS) is 27.9. The largest absolute Gasteiger partial charge is 0.380 e. The lowest BCUT2D eigenvalue weighted by molar-refractivity contribution is 0.147. The van der Waals surface area contributed by atoms with Gasteiger partial charge in [0.15, 0.2) is 0 Å². The summed E-state index contributed by atoms with van der Waals surface area (Å²) in [6, 6.07) is 0. The first kappa shape index (κ1) is 12.3. The van der Waals surface area contributed by atoms with Gasteiger partial charge >= 0.3 is 0 Å². The number of hydrogen-bond donors (Lipinski definition) is 1. The molecule has 2 unspecified atom stereocenters. The predicted octanol–water partition coefficient (Wildman–Crippen LogP) is 2.41. The first-order chi connectivity index (χ1) is 6.84. The Hall–Kier alpha value is 0.210. The maximum absolute atomic E-state index is 6.25. The molecule has 0 bridgehead atoms. The van der Waals surface area contributed by atoms with Crippen LogP contribution >= 0.6 is 11.6 Å². The van der Waals surface area contributed by atoms with Crippen LogP contribution in [0.1, 0.15) is 32.6 Å². The summed E-state index contributed by atoms with van der Waals surface area (Å²) in [7, 11) is 0. The van der Waals surface area contributed by atoms with E-state index in [0.29, 0.717) is 11.3 Å². The SMILES string of the molecule is CCOCCNCC1CCCCC1Cl. The summed E-state index contributed by atoms with van der Waals surface area (Å²) >= 11 is 6.25. The van der Waals surface area contributed by atoms with E-state index in [4.69, 9.17) is 16.3 Å². The Morgan fingerprint density at radius 2 is 2.14 bits per heavy atom. The molecule has 0 aromatic heterocycles. The Labute approximate surface area is 92.3 Å². The van der Waals surface area contributed by atoms with Crippen molar-refractivity contribution < 1.29 is 4.74 Å². The fraction of sp³-hybridized carbons (Fsp3) is 1.00. The fourth-order valence-corrected chi connectivity index (χ4v) is 2.34.